The molecule has 1 atom stereocenters. The average Bonchev–Trinajstić information content (AvgIpc) is 2.65. The summed E-state index contributed by atoms with van der Waals surface area (Å²) in [6.07, 6.45) is 1.35. The number of aryl methyl sites for hydroxylation is 2. The van der Waals surface area contributed by atoms with Gasteiger partial charge in [-0.2, -0.15) is 5.10 Å². The Morgan fingerprint density at radius 1 is 1.37 bits per heavy atom. The third-order valence-corrected chi connectivity index (χ3v) is 3.55. The first-order valence-electron chi connectivity index (χ1n) is 7.12. The zero-order chi connectivity index (χ0) is 14.4. The van der Waals surface area contributed by atoms with Crippen LogP contribution in [0, 0.1) is 5.92 Å². The van der Waals surface area contributed by atoms with Gasteiger partial charge in [-0.1, -0.05) is 32.4 Å². The minimum absolute atomic E-state index is 0.303. The Labute approximate surface area is 121 Å². The zero-order valence-electron chi connectivity index (χ0n) is 12.4. The second kappa shape index (κ2) is 7.88. The van der Waals surface area contributed by atoms with Crippen molar-refractivity contribution in [1.29, 1.82) is 0 Å². The molecule has 0 aliphatic carbocycles. The molecule has 0 radical (unpaired) electrons. The van der Waals surface area contributed by atoms with Crippen molar-refractivity contribution in [3.05, 3.63) is 16.4 Å². The van der Waals surface area contributed by atoms with Gasteiger partial charge in [0.2, 0.25) is 0 Å². The molecule has 1 unspecified atom stereocenters. The first-order valence-corrected chi connectivity index (χ1v) is 7.50. The van der Waals surface area contributed by atoms with E-state index in [9.17, 15) is 5.11 Å². The number of hydrogen-bond donors (Lipinski definition) is 2. The second-order valence-electron chi connectivity index (χ2n) is 5.29. The average molecular weight is 288 g/mol. The van der Waals surface area contributed by atoms with Crippen LogP contribution in [-0.4, -0.2) is 27.5 Å². The lowest BCUT2D eigenvalue weighted by molar-refractivity contribution is 0.146. The van der Waals surface area contributed by atoms with Gasteiger partial charge in [-0.25, -0.2) is 0 Å². The van der Waals surface area contributed by atoms with Gasteiger partial charge in [-0.3, -0.25) is 4.68 Å². The summed E-state index contributed by atoms with van der Waals surface area (Å²) in [5.74, 6) is 0.508. The summed E-state index contributed by atoms with van der Waals surface area (Å²) in [6, 6.07) is 0. The van der Waals surface area contributed by atoms with Crippen LogP contribution in [0.3, 0.4) is 0 Å². The van der Waals surface area contributed by atoms with Crippen LogP contribution in [-0.2, 0) is 19.5 Å². The van der Waals surface area contributed by atoms with Gasteiger partial charge in [0.25, 0.3) is 0 Å². The molecule has 0 aliphatic heterocycles. The molecule has 0 aliphatic rings. The molecule has 1 aromatic rings. The predicted molar refractivity (Wildman–Crippen MR) is 79.5 cm³/mol. The monoisotopic (exact) mass is 287 g/mol. The molecule has 4 nitrogen and oxygen atoms in total. The summed E-state index contributed by atoms with van der Waals surface area (Å²) < 4.78 is 1.93. The van der Waals surface area contributed by atoms with Gasteiger partial charge in [-0.05, 0) is 25.7 Å². The van der Waals surface area contributed by atoms with Crippen LogP contribution in [0.4, 0.5) is 0 Å². The van der Waals surface area contributed by atoms with Crippen LogP contribution >= 0.6 is 11.6 Å². The summed E-state index contributed by atoms with van der Waals surface area (Å²) in [5.41, 5.74) is 1.96. The first kappa shape index (κ1) is 16.5. The number of hydrogen-bond acceptors (Lipinski definition) is 3. The molecule has 0 saturated carbocycles. The Hall–Kier alpha value is -0.580. The summed E-state index contributed by atoms with van der Waals surface area (Å²) >= 11 is 6.32. The predicted octanol–water partition coefficient (Wildman–Crippen LogP) is 2.62. The smallest absolute Gasteiger partial charge is 0.0863 e. The van der Waals surface area contributed by atoms with Gasteiger partial charge in [0.05, 0.1) is 22.5 Å². The third-order valence-electron chi connectivity index (χ3n) is 3.11. The molecule has 1 aromatic heterocycles. The van der Waals surface area contributed by atoms with Crippen molar-refractivity contribution >= 4 is 11.6 Å². The van der Waals surface area contributed by atoms with Gasteiger partial charge in [-0.15, -0.1) is 0 Å². The Balaban J connectivity index is 2.55. The van der Waals surface area contributed by atoms with Crippen molar-refractivity contribution in [2.24, 2.45) is 5.92 Å². The maximum Gasteiger partial charge on any atom is 0.0863 e. The lowest BCUT2D eigenvalue weighted by atomic mass is 10.1. The molecule has 0 amide bonds. The Bertz CT molecular complexity index is 390. The zero-order valence-corrected chi connectivity index (χ0v) is 13.2. The molecule has 0 bridgehead atoms. The number of rotatable bonds is 8. The fourth-order valence-corrected chi connectivity index (χ4v) is 2.51. The van der Waals surface area contributed by atoms with E-state index in [-0.39, 0.29) is 6.10 Å². The molecule has 110 valence electrons. The molecule has 2 N–H and O–H groups in total. The molecule has 0 fully saturated rings. The number of aliphatic hydroxyl groups is 1. The molecule has 1 heterocycles. The van der Waals surface area contributed by atoms with Crippen LogP contribution in [0.1, 0.15) is 45.5 Å². The van der Waals surface area contributed by atoms with Crippen LogP contribution in [0.5, 0.6) is 0 Å². The van der Waals surface area contributed by atoms with Crippen LogP contribution < -0.4 is 5.32 Å². The van der Waals surface area contributed by atoms with Crippen LogP contribution in [0.25, 0.3) is 0 Å². The lowest BCUT2D eigenvalue weighted by Gasteiger charge is -2.14. The van der Waals surface area contributed by atoms with Crippen molar-refractivity contribution in [3.63, 3.8) is 0 Å². The van der Waals surface area contributed by atoms with Gasteiger partial charge in [0, 0.05) is 19.6 Å². The van der Waals surface area contributed by atoms with E-state index in [2.05, 4.69) is 38.1 Å². The summed E-state index contributed by atoms with van der Waals surface area (Å²) in [7, 11) is 0. The molecular weight excluding hydrogens is 262 g/mol. The highest BCUT2D eigenvalue weighted by Gasteiger charge is 2.14. The van der Waals surface area contributed by atoms with Crippen LogP contribution in [0.15, 0.2) is 0 Å². The highest BCUT2D eigenvalue weighted by atomic mass is 35.5. The fourth-order valence-electron chi connectivity index (χ4n) is 2.17. The van der Waals surface area contributed by atoms with Gasteiger partial charge in [0.1, 0.15) is 0 Å². The first-order chi connectivity index (χ1) is 8.99. The van der Waals surface area contributed by atoms with Crippen molar-refractivity contribution < 1.29 is 5.11 Å². The SMILES string of the molecule is CCc1nn(CC)c(CNCC(O)CC(C)C)c1Cl. The van der Waals surface area contributed by atoms with Gasteiger partial charge < -0.3 is 10.4 Å². The summed E-state index contributed by atoms with van der Waals surface area (Å²) in [6.45, 7) is 10.4. The number of aliphatic hydroxyl groups excluding tert-OH is 1. The summed E-state index contributed by atoms with van der Waals surface area (Å²) in [5, 5.41) is 18.3. The maximum absolute atomic E-state index is 9.83. The van der Waals surface area contributed by atoms with E-state index in [1.807, 2.05) is 4.68 Å². The van der Waals surface area contributed by atoms with Gasteiger partial charge in [0.15, 0.2) is 0 Å². The fraction of sp³-hybridized carbons (Fsp3) is 0.786. The van der Waals surface area contributed by atoms with E-state index in [1.54, 1.807) is 0 Å². The Kier molecular flexibility index (Phi) is 6.83. The van der Waals surface area contributed by atoms with Crippen molar-refractivity contribution in [2.45, 2.75) is 59.7 Å². The molecule has 5 heteroatoms. The number of nitrogens with one attached hydrogen (secondary N) is 1. The summed E-state index contributed by atoms with van der Waals surface area (Å²) in [4.78, 5) is 0. The lowest BCUT2D eigenvalue weighted by Crippen LogP contribution is -2.28. The normalized spacial score (nSPS) is 13.2. The third kappa shape index (κ3) is 4.79. The molecule has 0 saturated heterocycles. The topological polar surface area (TPSA) is 50.1 Å². The molecule has 0 aromatic carbocycles. The van der Waals surface area contributed by atoms with E-state index in [1.165, 1.54) is 0 Å². The van der Waals surface area contributed by atoms with Gasteiger partial charge >= 0.3 is 0 Å². The largest absolute Gasteiger partial charge is 0.392 e. The molecular formula is C14H26ClN3O. The number of aromatic nitrogens is 2. The van der Waals surface area contributed by atoms with E-state index >= 15 is 0 Å². The maximum atomic E-state index is 9.83. The van der Waals surface area contributed by atoms with Crippen LogP contribution in [0.2, 0.25) is 5.02 Å². The second-order valence-corrected chi connectivity index (χ2v) is 5.67. The van der Waals surface area contributed by atoms with Crippen molar-refractivity contribution in [2.75, 3.05) is 6.54 Å². The quantitative estimate of drug-likeness (QED) is 0.773. The van der Waals surface area contributed by atoms with Crippen molar-refractivity contribution in [1.82, 2.24) is 15.1 Å². The van der Waals surface area contributed by atoms with E-state index in [0.717, 1.165) is 35.8 Å². The standard InChI is InChI=1S/C14H26ClN3O/c1-5-12-14(15)13(18(6-2)17-12)9-16-8-11(19)7-10(3)4/h10-11,16,19H,5-9H2,1-4H3. The van der Waals surface area contributed by atoms with E-state index < -0.39 is 0 Å². The molecule has 0 spiro atoms. The molecule has 1 rings (SSSR count). The minimum atomic E-state index is -0.303. The number of halogens is 1. The molecule has 19 heavy (non-hydrogen) atoms. The highest BCUT2D eigenvalue weighted by molar-refractivity contribution is 6.31. The number of nitrogens with zero attached hydrogens (tertiary/aromatic N) is 2. The highest BCUT2D eigenvalue weighted by Crippen LogP contribution is 2.21. The minimum Gasteiger partial charge on any atom is -0.392 e. The Morgan fingerprint density at radius 2 is 2.05 bits per heavy atom. The van der Waals surface area contributed by atoms with Crippen molar-refractivity contribution in [3.8, 4) is 0 Å². The van der Waals surface area contributed by atoms with E-state index in [4.69, 9.17) is 11.6 Å². The Morgan fingerprint density at radius 3 is 2.58 bits per heavy atom. The van der Waals surface area contributed by atoms with E-state index in [0.29, 0.717) is 19.0 Å².